The van der Waals surface area contributed by atoms with Crippen molar-refractivity contribution in [3.63, 3.8) is 0 Å². The molecule has 0 aliphatic rings. The van der Waals surface area contributed by atoms with Crippen molar-refractivity contribution in [2.24, 2.45) is 0 Å². The zero-order valence-electron chi connectivity index (χ0n) is 19.2. The van der Waals surface area contributed by atoms with Gasteiger partial charge in [0.1, 0.15) is 6.61 Å². The second-order valence-electron chi connectivity index (χ2n) is 7.21. The maximum absolute atomic E-state index is 6.23. The molecule has 0 bridgehead atoms. The molecule has 0 spiro atoms. The number of benzene rings is 3. The first-order chi connectivity index (χ1) is 15.6. The minimum absolute atomic E-state index is 0. The molecule has 0 saturated carbocycles. The van der Waals surface area contributed by atoms with Crippen LogP contribution in [-0.4, -0.2) is 27.4 Å². The number of nitrogens with one attached hydrogen (secondary N) is 1. The zero-order valence-corrected chi connectivity index (χ0v) is 20.8. The van der Waals surface area contributed by atoms with E-state index in [9.17, 15) is 0 Å². The summed E-state index contributed by atoms with van der Waals surface area (Å²) in [6.45, 7) is 4.50. The summed E-state index contributed by atoms with van der Waals surface area (Å²) < 4.78 is 22.5. The van der Waals surface area contributed by atoms with E-state index in [1.807, 2.05) is 61.5 Å². The van der Waals surface area contributed by atoms with Gasteiger partial charge in [0.05, 0.1) is 20.8 Å². The lowest BCUT2D eigenvalue weighted by molar-refractivity contribution is 0.269. The van der Waals surface area contributed by atoms with E-state index in [1.165, 1.54) is 5.56 Å². The Morgan fingerprint density at radius 2 is 1.48 bits per heavy atom. The fourth-order valence-electron chi connectivity index (χ4n) is 3.32. The van der Waals surface area contributed by atoms with Crippen LogP contribution in [0.1, 0.15) is 23.6 Å². The molecule has 0 atom stereocenters. The number of rotatable bonds is 12. The number of ether oxygens (including phenoxy) is 4. The minimum atomic E-state index is 0. The van der Waals surface area contributed by atoms with Gasteiger partial charge in [-0.25, -0.2) is 0 Å². The molecule has 7 heteroatoms. The Bertz CT molecular complexity index is 1010. The van der Waals surface area contributed by atoms with Crippen molar-refractivity contribution in [3.8, 4) is 23.0 Å². The Morgan fingerprint density at radius 1 is 0.788 bits per heavy atom. The molecular weight excluding hydrogens is 461 g/mol. The van der Waals surface area contributed by atoms with Crippen LogP contribution in [0, 0.1) is 0 Å². The molecule has 3 aromatic rings. The maximum atomic E-state index is 6.23. The molecular formula is C26H31Cl2NO4. The molecule has 3 aromatic carbocycles. The molecule has 0 unspecified atom stereocenters. The standard InChI is InChI=1S/C26H30ClNO4.ClH/c1-4-31-26-16-20(10-12-24(26)32-18-21-7-5-6-8-22(21)27)17-28-14-13-19-9-11-23(29-2)25(15-19)30-3;/h5-12,15-16,28H,4,13-14,17-18H2,1-3H3;1H. The normalized spacial score (nSPS) is 10.3. The number of methoxy groups -OCH3 is 2. The van der Waals surface area contributed by atoms with Gasteiger partial charge in [-0.05, 0) is 61.3 Å². The highest BCUT2D eigenvalue weighted by molar-refractivity contribution is 6.31. The van der Waals surface area contributed by atoms with Gasteiger partial charge < -0.3 is 24.3 Å². The summed E-state index contributed by atoms with van der Waals surface area (Å²) in [7, 11) is 3.29. The van der Waals surface area contributed by atoms with E-state index < -0.39 is 0 Å². The van der Waals surface area contributed by atoms with E-state index in [2.05, 4.69) is 11.4 Å². The summed E-state index contributed by atoms with van der Waals surface area (Å²) in [6, 6.07) is 19.7. The third kappa shape index (κ3) is 7.74. The molecule has 0 saturated heterocycles. The number of hydrogen-bond donors (Lipinski definition) is 1. The van der Waals surface area contributed by atoms with Crippen molar-refractivity contribution >= 4 is 24.0 Å². The third-order valence-electron chi connectivity index (χ3n) is 5.02. The molecule has 178 valence electrons. The number of hydrogen-bond acceptors (Lipinski definition) is 5. The van der Waals surface area contributed by atoms with Crippen LogP contribution in [0.4, 0.5) is 0 Å². The quantitative estimate of drug-likeness (QED) is 0.310. The molecule has 0 aromatic heterocycles. The van der Waals surface area contributed by atoms with Crippen molar-refractivity contribution < 1.29 is 18.9 Å². The predicted octanol–water partition coefficient (Wildman–Crippen LogP) is 6.09. The fourth-order valence-corrected chi connectivity index (χ4v) is 3.51. The van der Waals surface area contributed by atoms with Crippen LogP contribution in [0.2, 0.25) is 5.02 Å². The van der Waals surface area contributed by atoms with E-state index in [-0.39, 0.29) is 12.4 Å². The van der Waals surface area contributed by atoms with Gasteiger partial charge >= 0.3 is 0 Å². The van der Waals surface area contributed by atoms with Crippen LogP contribution in [0.5, 0.6) is 23.0 Å². The van der Waals surface area contributed by atoms with Crippen molar-refractivity contribution in [1.82, 2.24) is 5.32 Å². The van der Waals surface area contributed by atoms with Crippen molar-refractivity contribution in [1.29, 1.82) is 0 Å². The fraction of sp³-hybridized carbons (Fsp3) is 0.308. The summed E-state index contributed by atoms with van der Waals surface area (Å²) >= 11 is 6.23. The zero-order chi connectivity index (χ0) is 22.8. The largest absolute Gasteiger partial charge is 0.493 e. The lowest BCUT2D eigenvalue weighted by Gasteiger charge is -2.14. The molecule has 3 rings (SSSR count). The van der Waals surface area contributed by atoms with E-state index in [4.69, 9.17) is 30.5 Å². The topological polar surface area (TPSA) is 49.0 Å². The SMILES string of the molecule is CCOc1cc(CNCCc2ccc(OC)c(OC)c2)ccc1OCc1ccccc1Cl.Cl. The van der Waals surface area contributed by atoms with Crippen LogP contribution in [0.3, 0.4) is 0 Å². The first-order valence-electron chi connectivity index (χ1n) is 10.7. The third-order valence-corrected chi connectivity index (χ3v) is 5.39. The second kappa shape index (κ2) is 13.8. The first-order valence-corrected chi connectivity index (χ1v) is 11.1. The van der Waals surface area contributed by atoms with Gasteiger partial charge in [-0.15, -0.1) is 12.4 Å². The summed E-state index contributed by atoms with van der Waals surface area (Å²) in [5, 5.41) is 4.18. The molecule has 33 heavy (non-hydrogen) atoms. The Balaban J connectivity index is 0.00000385. The van der Waals surface area contributed by atoms with Crippen molar-refractivity contribution in [3.05, 3.63) is 82.4 Å². The van der Waals surface area contributed by atoms with Gasteiger partial charge in [0.2, 0.25) is 0 Å². The Kier molecular flexibility index (Phi) is 11.2. The minimum Gasteiger partial charge on any atom is -0.493 e. The van der Waals surface area contributed by atoms with E-state index in [0.29, 0.717) is 24.0 Å². The van der Waals surface area contributed by atoms with Gasteiger partial charge in [-0.3, -0.25) is 0 Å². The molecule has 1 N–H and O–H groups in total. The summed E-state index contributed by atoms with van der Waals surface area (Å²) in [4.78, 5) is 0. The van der Waals surface area contributed by atoms with Crippen molar-refractivity contribution in [2.75, 3.05) is 27.4 Å². The van der Waals surface area contributed by atoms with Gasteiger partial charge in [-0.2, -0.15) is 0 Å². The molecule has 0 aliphatic heterocycles. The van der Waals surface area contributed by atoms with Crippen LogP contribution in [0.25, 0.3) is 0 Å². The van der Waals surface area contributed by atoms with Crippen LogP contribution >= 0.6 is 24.0 Å². The predicted molar refractivity (Wildman–Crippen MR) is 136 cm³/mol. The van der Waals surface area contributed by atoms with Crippen LogP contribution < -0.4 is 24.3 Å². The van der Waals surface area contributed by atoms with Crippen LogP contribution in [-0.2, 0) is 19.6 Å². The average molecular weight is 492 g/mol. The molecule has 0 heterocycles. The monoisotopic (exact) mass is 491 g/mol. The highest BCUT2D eigenvalue weighted by Gasteiger charge is 2.09. The highest BCUT2D eigenvalue weighted by Crippen LogP contribution is 2.30. The van der Waals surface area contributed by atoms with Gasteiger partial charge in [0.15, 0.2) is 23.0 Å². The molecule has 0 radical (unpaired) electrons. The molecule has 0 amide bonds. The summed E-state index contributed by atoms with van der Waals surface area (Å²) in [5.74, 6) is 2.93. The Hall–Kier alpha value is -2.60. The van der Waals surface area contributed by atoms with E-state index in [1.54, 1.807) is 14.2 Å². The van der Waals surface area contributed by atoms with E-state index in [0.717, 1.165) is 47.9 Å². The Morgan fingerprint density at radius 3 is 2.21 bits per heavy atom. The lowest BCUT2D eigenvalue weighted by atomic mass is 10.1. The first kappa shape index (κ1) is 26.7. The highest BCUT2D eigenvalue weighted by atomic mass is 35.5. The number of halogens is 2. The molecule has 5 nitrogen and oxygen atoms in total. The second-order valence-corrected chi connectivity index (χ2v) is 7.62. The van der Waals surface area contributed by atoms with Crippen LogP contribution in [0.15, 0.2) is 60.7 Å². The van der Waals surface area contributed by atoms with Gasteiger partial charge in [0.25, 0.3) is 0 Å². The summed E-state index contributed by atoms with van der Waals surface area (Å²) in [5.41, 5.74) is 3.26. The van der Waals surface area contributed by atoms with Gasteiger partial charge in [-0.1, -0.05) is 41.9 Å². The smallest absolute Gasteiger partial charge is 0.161 e. The maximum Gasteiger partial charge on any atom is 0.161 e. The molecule has 0 fully saturated rings. The lowest BCUT2D eigenvalue weighted by Crippen LogP contribution is -2.16. The van der Waals surface area contributed by atoms with Crippen molar-refractivity contribution in [2.45, 2.75) is 26.5 Å². The van der Waals surface area contributed by atoms with E-state index >= 15 is 0 Å². The Labute approximate surface area is 207 Å². The van der Waals surface area contributed by atoms with Gasteiger partial charge in [0, 0.05) is 17.1 Å². The summed E-state index contributed by atoms with van der Waals surface area (Å²) in [6.07, 6.45) is 0.887. The average Bonchev–Trinajstić information content (AvgIpc) is 2.82. The molecule has 0 aliphatic carbocycles.